The highest BCUT2D eigenvalue weighted by molar-refractivity contribution is 8.00. The zero-order chi connectivity index (χ0) is 14.4. The van der Waals surface area contributed by atoms with Gasteiger partial charge in [0.05, 0.1) is 24.7 Å². The quantitative estimate of drug-likeness (QED) is 0.819. The number of morpholine rings is 1. The molecule has 2 aliphatic rings. The molecule has 1 aliphatic carbocycles. The van der Waals surface area contributed by atoms with Gasteiger partial charge in [-0.3, -0.25) is 9.59 Å². The van der Waals surface area contributed by atoms with Gasteiger partial charge >= 0.3 is 0 Å². The number of amides is 2. The molecule has 0 spiro atoms. The number of carbonyl (C=O) groups is 2. The van der Waals surface area contributed by atoms with E-state index in [1.165, 1.54) is 18.2 Å². The van der Waals surface area contributed by atoms with E-state index < -0.39 is 0 Å². The second-order valence-corrected chi connectivity index (χ2v) is 6.65. The van der Waals surface area contributed by atoms with Crippen LogP contribution in [0.25, 0.3) is 0 Å². The third-order valence-corrected chi connectivity index (χ3v) is 4.80. The molecule has 0 aromatic carbocycles. The summed E-state index contributed by atoms with van der Waals surface area (Å²) in [5, 5.41) is 3.06. The highest BCUT2D eigenvalue weighted by atomic mass is 32.2. The molecular formula is C14H24N2O3S. The fourth-order valence-electron chi connectivity index (χ4n) is 2.74. The molecule has 2 rings (SSSR count). The van der Waals surface area contributed by atoms with Gasteiger partial charge in [-0.25, -0.2) is 0 Å². The standard InChI is InChI=1S/C14H24N2O3S/c1-11-2-3-12(8-11)15-13(17)9-20-10-14(18)16-4-6-19-7-5-16/h11-12H,2-10H2,1H3,(H,15,17). The van der Waals surface area contributed by atoms with E-state index in [9.17, 15) is 9.59 Å². The average Bonchev–Trinajstić information content (AvgIpc) is 2.85. The van der Waals surface area contributed by atoms with Gasteiger partial charge in [0.1, 0.15) is 0 Å². The van der Waals surface area contributed by atoms with Crippen molar-refractivity contribution in [2.75, 3.05) is 37.8 Å². The largest absolute Gasteiger partial charge is 0.378 e. The van der Waals surface area contributed by atoms with Crippen molar-refractivity contribution in [3.63, 3.8) is 0 Å². The van der Waals surface area contributed by atoms with Crippen LogP contribution >= 0.6 is 11.8 Å². The van der Waals surface area contributed by atoms with Crippen molar-refractivity contribution in [3.8, 4) is 0 Å². The normalized spacial score (nSPS) is 26.6. The van der Waals surface area contributed by atoms with Gasteiger partial charge in [0.2, 0.25) is 11.8 Å². The van der Waals surface area contributed by atoms with Crippen LogP contribution in [-0.4, -0.2) is 60.6 Å². The molecule has 1 heterocycles. The van der Waals surface area contributed by atoms with Gasteiger partial charge in [-0.05, 0) is 25.2 Å². The van der Waals surface area contributed by atoms with Gasteiger partial charge in [-0.15, -0.1) is 11.8 Å². The van der Waals surface area contributed by atoms with E-state index in [-0.39, 0.29) is 11.8 Å². The molecule has 0 bridgehead atoms. The third-order valence-electron chi connectivity index (χ3n) is 3.88. The Morgan fingerprint density at radius 1 is 1.25 bits per heavy atom. The highest BCUT2D eigenvalue weighted by Crippen LogP contribution is 2.24. The molecule has 114 valence electrons. The molecule has 0 radical (unpaired) electrons. The van der Waals surface area contributed by atoms with Gasteiger partial charge < -0.3 is 15.0 Å². The zero-order valence-corrected chi connectivity index (χ0v) is 12.9. The lowest BCUT2D eigenvalue weighted by Gasteiger charge is -2.26. The van der Waals surface area contributed by atoms with Crippen LogP contribution < -0.4 is 5.32 Å². The van der Waals surface area contributed by atoms with E-state index in [4.69, 9.17) is 4.74 Å². The number of carbonyl (C=O) groups excluding carboxylic acids is 2. The van der Waals surface area contributed by atoms with Crippen LogP contribution in [0, 0.1) is 5.92 Å². The molecule has 1 aliphatic heterocycles. The van der Waals surface area contributed by atoms with E-state index in [2.05, 4.69) is 12.2 Å². The second-order valence-electron chi connectivity index (χ2n) is 5.67. The average molecular weight is 300 g/mol. The highest BCUT2D eigenvalue weighted by Gasteiger charge is 2.23. The first kappa shape index (κ1) is 15.6. The summed E-state index contributed by atoms with van der Waals surface area (Å²) in [6, 6.07) is 0.341. The molecule has 2 unspecified atom stereocenters. The minimum absolute atomic E-state index is 0.0591. The van der Waals surface area contributed by atoms with Gasteiger partial charge in [0, 0.05) is 19.1 Å². The van der Waals surface area contributed by atoms with Gasteiger partial charge in [0.15, 0.2) is 0 Å². The number of thioether (sulfide) groups is 1. The Balaban J connectivity index is 1.57. The summed E-state index contributed by atoms with van der Waals surface area (Å²) < 4.78 is 5.21. The van der Waals surface area contributed by atoms with Crippen LogP contribution in [0.3, 0.4) is 0 Å². The smallest absolute Gasteiger partial charge is 0.232 e. The Bertz CT molecular complexity index is 345. The number of nitrogens with one attached hydrogen (secondary N) is 1. The first-order valence-electron chi connectivity index (χ1n) is 7.38. The van der Waals surface area contributed by atoms with Crippen molar-refractivity contribution in [1.82, 2.24) is 10.2 Å². The predicted octanol–water partition coefficient (Wildman–Crippen LogP) is 0.883. The summed E-state index contributed by atoms with van der Waals surface area (Å²) in [4.78, 5) is 25.5. The summed E-state index contributed by atoms with van der Waals surface area (Å²) in [6.07, 6.45) is 3.38. The Morgan fingerprint density at radius 2 is 2.00 bits per heavy atom. The maximum absolute atomic E-state index is 11.9. The topological polar surface area (TPSA) is 58.6 Å². The van der Waals surface area contributed by atoms with Crippen molar-refractivity contribution in [2.45, 2.75) is 32.2 Å². The minimum atomic E-state index is 0.0591. The summed E-state index contributed by atoms with van der Waals surface area (Å²) in [5.74, 6) is 1.65. The molecule has 6 heteroatoms. The third kappa shape index (κ3) is 4.98. The molecule has 1 N–H and O–H groups in total. The van der Waals surface area contributed by atoms with Crippen LogP contribution in [0.1, 0.15) is 26.2 Å². The lowest BCUT2D eigenvalue weighted by atomic mass is 10.1. The van der Waals surface area contributed by atoms with Crippen molar-refractivity contribution in [2.24, 2.45) is 5.92 Å². The van der Waals surface area contributed by atoms with Crippen LogP contribution in [0.5, 0.6) is 0 Å². The molecular weight excluding hydrogens is 276 g/mol. The van der Waals surface area contributed by atoms with Gasteiger partial charge in [-0.2, -0.15) is 0 Å². The molecule has 5 nitrogen and oxygen atoms in total. The molecule has 1 saturated carbocycles. The van der Waals surface area contributed by atoms with Crippen LogP contribution in [-0.2, 0) is 14.3 Å². The lowest BCUT2D eigenvalue weighted by molar-refractivity contribution is -0.132. The Labute approximate surface area is 124 Å². The zero-order valence-electron chi connectivity index (χ0n) is 12.1. The molecule has 2 amide bonds. The van der Waals surface area contributed by atoms with Crippen molar-refractivity contribution in [3.05, 3.63) is 0 Å². The first-order chi connectivity index (χ1) is 9.65. The Morgan fingerprint density at radius 3 is 2.65 bits per heavy atom. The van der Waals surface area contributed by atoms with E-state index in [0.717, 1.165) is 18.8 Å². The van der Waals surface area contributed by atoms with Gasteiger partial charge in [-0.1, -0.05) is 6.92 Å². The molecule has 2 fully saturated rings. The van der Waals surface area contributed by atoms with E-state index in [1.54, 1.807) is 0 Å². The number of hydrogen-bond acceptors (Lipinski definition) is 4. The van der Waals surface area contributed by atoms with Crippen LogP contribution in [0.2, 0.25) is 0 Å². The Hall–Kier alpha value is -0.750. The monoisotopic (exact) mass is 300 g/mol. The van der Waals surface area contributed by atoms with E-state index in [1.807, 2.05) is 4.90 Å². The lowest BCUT2D eigenvalue weighted by Crippen LogP contribution is -2.42. The molecule has 20 heavy (non-hydrogen) atoms. The maximum atomic E-state index is 11.9. The number of nitrogens with zero attached hydrogens (tertiary/aromatic N) is 1. The molecule has 0 aromatic rings. The number of hydrogen-bond donors (Lipinski definition) is 1. The predicted molar refractivity (Wildman–Crippen MR) is 79.7 cm³/mol. The second kappa shape index (κ2) is 7.88. The Kier molecular flexibility index (Phi) is 6.16. The summed E-state index contributed by atoms with van der Waals surface area (Å²) in [5.41, 5.74) is 0. The fraction of sp³-hybridized carbons (Fsp3) is 0.857. The molecule has 2 atom stereocenters. The van der Waals surface area contributed by atoms with Crippen LogP contribution in [0.15, 0.2) is 0 Å². The number of rotatable bonds is 5. The number of ether oxygens (including phenoxy) is 1. The van der Waals surface area contributed by atoms with Gasteiger partial charge in [0.25, 0.3) is 0 Å². The summed E-state index contributed by atoms with van der Waals surface area (Å²) >= 11 is 1.40. The van der Waals surface area contributed by atoms with Crippen molar-refractivity contribution >= 4 is 23.6 Å². The first-order valence-corrected chi connectivity index (χ1v) is 8.53. The fourth-order valence-corrected chi connectivity index (χ4v) is 3.47. The van der Waals surface area contributed by atoms with Crippen molar-refractivity contribution in [1.29, 1.82) is 0 Å². The van der Waals surface area contributed by atoms with Crippen molar-refractivity contribution < 1.29 is 14.3 Å². The molecule has 1 saturated heterocycles. The van der Waals surface area contributed by atoms with Crippen LogP contribution in [0.4, 0.5) is 0 Å². The molecule has 0 aromatic heterocycles. The van der Waals surface area contributed by atoms with E-state index >= 15 is 0 Å². The summed E-state index contributed by atoms with van der Waals surface area (Å²) in [7, 11) is 0. The van der Waals surface area contributed by atoms with E-state index in [0.29, 0.717) is 43.9 Å². The maximum Gasteiger partial charge on any atom is 0.232 e. The summed E-state index contributed by atoms with van der Waals surface area (Å²) in [6.45, 7) is 4.81. The minimum Gasteiger partial charge on any atom is -0.378 e. The SMILES string of the molecule is CC1CCC(NC(=O)CSCC(=O)N2CCOCC2)C1.